The molecule has 1 atom stereocenters. The number of nitrogens with zero attached hydrogens (tertiary/aromatic N) is 2. The van der Waals surface area contributed by atoms with Gasteiger partial charge >= 0.3 is 5.97 Å². The minimum atomic E-state index is -0.954. The first-order valence-electron chi connectivity index (χ1n) is 10.3. The number of aromatic amines is 1. The average molecular weight is 411 g/mol. The zero-order chi connectivity index (χ0) is 21.4. The van der Waals surface area contributed by atoms with Gasteiger partial charge in [-0.15, -0.1) is 0 Å². The van der Waals surface area contributed by atoms with Crippen LogP contribution in [0, 0.1) is 0 Å². The van der Waals surface area contributed by atoms with Crippen molar-refractivity contribution in [3.63, 3.8) is 0 Å². The molecule has 0 radical (unpaired) electrons. The Morgan fingerprint density at radius 1 is 0.968 bits per heavy atom. The van der Waals surface area contributed by atoms with Gasteiger partial charge in [-0.3, -0.25) is 9.69 Å². The molecule has 2 heterocycles. The van der Waals surface area contributed by atoms with Crippen molar-refractivity contribution >= 4 is 34.3 Å². The maximum atomic E-state index is 13.5. The van der Waals surface area contributed by atoms with Crippen LogP contribution in [-0.2, 0) is 22.4 Å². The SMILES string of the molecule is CC(OC(=O)c1ccc2nc[nH]c2c1)C(=O)N1c2ccccc2CCc2ccccc21. The maximum Gasteiger partial charge on any atom is 0.338 e. The fourth-order valence-corrected chi connectivity index (χ4v) is 4.04. The van der Waals surface area contributed by atoms with E-state index in [1.165, 1.54) is 0 Å². The number of para-hydroxylation sites is 2. The molecule has 0 fully saturated rings. The number of carbonyl (C=O) groups is 2. The number of anilines is 2. The molecule has 1 N–H and O–H groups in total. The smallest absolute Gasteiger partial charge is 0.338 e. The number of H-pyrrole nitrogens is 1. The van der Waals surface area contributed by atoms with E-state index in [0.717, 1.165) is 46.4 Å². The Morgan fingerprint density at radius 3 is 2.29 bits per heavy atom. The number of hydrogen-bond acceptors (Lipinski definition) is 4. The summed E-state index contributed by atoms with van der Waals surface area (Å²) in [6.45, 7) is 1.62. The van der Waals surface area contributed by atoms with E-state index in [2.05, 4.69) is 9.97 Å². The highest BCUT2D eigenvalue weighted by Gasteiger charge is 2.31. The number of imidazole rings is 1. The predicted molar refractivity (Wildman–Crippen MR) is 118 cm³/mol. The second-order valence-corrected chi connectivity index (χ2v) is 7.61. The first-order valence-corrected chi connectivity index (χ1v) is 10.3. The van der Waals surface area contributed by atoms with Crippen LogP contribution in [0.4, 0.5) is 11.4 Å². The lowest BCUT2D eigenvalue weighted by Crippen LogP contribution is -2.37. The lowest BCUT2D eigenvalue weighted by Gasteiger charge is -2.27. The van der Waals surface area contributed by atoms with Gasteiger partial charge in [0.15, 0.2) is 6.10 Å². The first-order chi connectivity index (χ1) is 15.1. The normalized spacial score (nSPS) is 13.8. The van der Waals surface area contributed by atoms with Crippen LogP contribution in [0.15, 0.2) is 73.1 Å². The third-order valence-electron chi connectivity index (χ3n) is 5.64. The third-order valence-corrected chi connectivity index (χ3v) is 5.64. The summed E-state index contributed by atoms with van der Waals surface area (Å²) in [4.78, 5) is 35.1. The molecule has 0 spiro atoms. The number of esters is 1. The third kappa shape index (κ3) is 3.46. The van der Waals surface area contributed by atoms with E-state index in [4.69, 9.17) is 4.74 Å². The van der Waals surface area contributed by atoms with Crippen LogP contribution in [-0.4, -0.2) is 27.9 Å². The molecule has 4 aromatic rings. The van der Waals surface area contributed by atoms with Gasteiger partial charge in [-0.05, 0) is 61.2 Å². The minimum absolute atomic E-state index is 0.280. The molecule has 5 rings (SSSR count). The van der Waals surface area contributed by atoms with Gasteiger partial charge < -0.3 is 9.72 Å². The monoisotopic (exact) mass is 411 g/mol. The number of amides is 1. The zero-order valence-corrected chi connectivity index (χ0v) is 17.0. The minimum Gasteiger partial charge on any atom is -0.449 e. The molecule has 1 aromatic heterocycles. The van der Waals surface area contributed by atoms with Gasteiger partial charge in [-0.1, -0.05) is 36.4 Å². The number of aromatic nitrogens is 2. The van der Waals surface area contributed by atoms with Gasteiger partial charge in [0.05, 0.1) is 34.3 Å². The lowest BCUT2D eigenvalue weighted by atomic mass is 10.0. The molecule has 1 aliphatic heterocycles. The molecule has 0 saturated heterocycles. The molecule has 0 saturated carbocycles. The maximum absolute atomic E-state index is 13.5. The van der Waals surface area contributed by atoms with Crippen LogP contribution >= 0.6 is 0 Å². The summed E-state index contributed by atoms with van der Waals surface area (Å²) < 4.78 is 5.58. The van der Waals surface area contributed by atoms with Gasteiger partial charge in [0.2, 0.25) is 0 Å². The second-order valence-electron chi connectivity index (χ2n) is 7.61. The fourth-order valence-electron chi connectivity index (χ4n) is 4.04. The van der Waals surface area contributed by atoms with Crippen LogP contribution in [0.25, 0.3) is 11.0 Å². The number of aryl methyl sites for hydroxylation is 2. The van der Waals surface area contributed by atoms with Crippen molar-refractivity contribution in [2.45, 2.75) is 25.9 Å². The van der Waals surface area contributed by atoms with E-state index >= 15 is 0 Å². The molecule has 6 nitrogen and oxygen atoms in total. The summed E-state index contributed by atoms with van der Waals surface area (Å²) in [6, 6.07) is 20.8. The van der Waals surface area contributed by atoms with E-state index in [1.54, 1.807) is 36.4 Å². The van der Waals surface area contributed by atoms with Crippen molar-refractivity contribution in [3.8, 4) is 0 Å². The Morgan fingerprint density at radius 2 is 1.61 bits per heavy atom. The van der Waals surface area contributed by atoms with Crippen molar-refractivity contribution in [2.24, 2.45) is 0 Å². The van der Waals surface area contributed by atoms with Gasteiger partial charge in [0.25, 0.3) is 5.91 Å². The number of ether oxygens (including phenoxy) is 1. The molecule has 154 valence electrons. The Bertz CT molecular complexity index is 1250. The van der Waals surface area contributed by atoms with Crippen molar-refractivity contribution < 1.29 is 14.3 Å². The molecule has 31 heavy (non-hydrogen) atoms. The molecular weight excluding hydrogens is 390 g/mol. The largest absolute Gasteiger partial charge is 0.449 e. The Labute approximate surface area is 179 Å². The van der Waals surface area contributed by atoms with Crippen molar-refractivity contribution in [2.75, 3.05) is 4.90 Å². The summed E-state index contributed by atoms with van der Waals surface area (Å²) in [5.41, 5.74) is 5.72. The van der Waals surface area contributed by atoms with E-state index in [0.29, 0.717) is 5.56 Å². The van der Waals surface area contributed by atoms with Crippen LogP contribution in [0.5, 0.6) is 0 Å². The standard InChI is InChI=1S/C25H21N3O3/c1-16(31-25(30)19-12-13-20-21(14-19)27-15-26-20)24(29)28-22-8-4-2-6-17(22)10-11-18-7-3-5-9-23(18)28/h2-9,12-16H,10-11H2,1H3,(H,26,27). The molecule has 6 heteroatoms. The van der Waals surface area contributed by atoms with Crippen LogP contribution in [0.1, 0.15) is 28.4 Å². The average Bonchev–Trinajstić information content (AvgIpc) is 3.20. The quantitative estimate of drug-likeness (QED) is 0.501. The van der Waals surface area contributed by atoms with Gasteiger partial charge in [0.1, 0.15) is 0 Å². The lowest BCUT2D eigenvalue weighted by molar-refractivity contribution is -0.125. The van der Waals surface area contributed by atoms with Crippen LogP contribution in [0.2, 0.25) is 0 Å². The van der Waals surface area contributed by atoms with Crippen molar-refractivity contribution in [3.05, 3.63) is 89.7 Å². The number of carbonyl (C=O) groups excluding carboxylic acids is 2. The van der Waals surface area contributed by atoms with E-state index in [9.17, 15) is 9.59 Å². The summed E-state index contributed by atoms with van der Waals surface area (Å²) in [6.07, 6.45) is 2.30. The van der Waals surface area contributed by atoms with Gasteiger partial charge in [-0.2, -0.15) is 0 Å². The molecule has 1 aliphatic rings. The van der Waals surface area contributed by atoms with Crippen LogP contribution < -0.4 is 4.90 Å². The highest BCUT2D eigenvalue weighted by molar-refractivity contribution is 6.06. The fraction of sp³-hybridized carbons (Fsp3) is 0.160. The Kier molecular flexibility index (Phi) is 4.75. The van der Waals surface area contributed by atoms with E-state index < -0.39 is 12.1 Å². The number of fused-ring (bicyclic) bond motifs is 3. The van der Waals surface area contributed by atoms with Crippen LogP contribution in [0.3, 0.4) is 0 Å². The van der Waals surface area contributed by atoms with Crippen molar-refractivity contribution in [1.29, 1.82) is 0 Å². The predicted octanol–water partition coefficient (Wildman–Crippen LogP) is 4.57. The number of benzene rings is 3. The summed E-state index contributed by atoms with van der Waals surface area (Å²) >= 11 is 0. The number of rotatable bonds is 3. The zero-order valence-electron chi connectivity index (χ0n) is 17.0. The summed E-state index contributed by atoms with van der Waals surface area (Å²) in [7, 11) is 0. The van der Waals surface area contributed by atoms with Gasteiger partial charge in [-0.25, -0.2) is 9.78 Å². The number of hydrogen-bond donors (Lipinski definition) is 1. The van der Waals surface area contributed by atoms with E-state index in [1.807, 2.05) is 48.5 Å². The highest BCUT2D eigenvalue weighted by atomic mass is 16.5. The molecule has 3 aromatic carbocycles. The molecule has 0 aliphatic carbocycles. The Balaban J connectivity index is 1.45. The topological polar surface area (TPSA) is 75.3 Å². The summed E-state index contributed by atoms with van der Waals surface area (Å²) in [5, 5.41) is 0. The van der Waals surface area contributed by atoms with E-state index in [-0.39, 0.29) is 5.91 Å². The molecule has 0 bridgehead atoms. The number of nitrogens with one attached hydrogen (secondary N) is 1. The van der Waals surface area contributed by atoms with Gasteiger partial charge in [0, 0.05) is 0 Å². The van der Waals surface area contributed by atoms with Crippen molar-refractivity contribution in [1.82, 2.24) is 9.97 Å². The first kappa shape index (κ1) is 19.1. The highest BCUT2D eigenvalue weighted by Crippen LogP contribution is 2.36. The Hall–Kier alpha value is -3.93. The molecular formula is C25H21N3O3. The molecule has 1 amide bonds. The molecule has 1 unspecified atom stereocenters. The second kappa shape index (κ2) is 7.72. The summed E-state index contributed by atoms with van der Waals surface area (Å²) in [5.74, 6) is -0.827.